The van der Waals surface area contributed by atoms with Gasteiger partial charge in [0.1, 0.15) is 5.82 Å². The van der Waals surface area contributed by atoms with Crippen LogP contribution in [0.4, 0.5) is 9.18 Å². The minimum atomic E-state index is -0.412. The number of carbonyl (C=O) groups is 2. The van der Waals surface area contributed by atoms with Crippen LogP contribution in [0.2, 0.25) is 5.02 Å². The van der Waals surface area contributed by atoms with E-state index < -0.39 is 5.82 Å². The number of nitrogens with zero attached hydrogens (tertiary/aromatic N) is 1. The van der Waals surface area contributed by atoms with Gasteiger partial charge in [-0.1, -0.05) is 31.5 Å². The second-order valence-electron chi connectivity index (χ2n) is 5.55. The number of hydrogen-bond donors (Lipinski definition) is 2. The number of carbonyl (C=O) groups excluding carboxylic acids is 2. The third-order valence-electron chi connectivity index (χ3n) is 3.60. The normalized spacial score (nSPS) is 16.0. The minimum Gasteiger partial charge on any atom is -0.336 e. The van der Waals surface area contributed by atoms with E-state index in [1.54, 1.807) is 12.1 Å². The molecule has 1 aromatic carbocycles. The Morgan fingerprint density at radius 2 is 2.23 bits per heavy atom. The Morgan fingerprint density at radius 3 is 2.77 bits per heavy atom. The number of nitrogens with one attached hydrogen (secondary N) is 2. The van der Waals surface area contributed by atoms with Crippen molar-refractivity contribution in [3.8, 4) is 0 Å². The van der Waals surface area contributed by atoms with Gasteiger partial charge in [0.05, 0.1) is 6.54 Å². The van der Waals surface area contributed by atoms with E-state index in [4.69, 9.17) is 11.6 Å². The number of amides is 3. The standard InChI is InChI=1S/C15H19ClFN3O2/c1-9(2)14(11-4-3-10(16)7-12(11)17)19-8-13(21)20-6-5-18-15(20)22/h3-4,7,9,14,19H,5-6,8H2,1-2H3,(H,18,22)/t14-/m1/s1. The van der Waals surface area contributed by atoms with Crippen LogP contribution in [0.15, 0.2) is 18.2 Å². The van der Waals surface area contributed by atoms with Gasteiger partial charge in [-0.15, -0.1) is 0 Å². The maximum atomic E-state index is 14.1. The Hall–Kier alpha value is -1.66. The van der Waals surface area contributed by atoms with Crippen molar-refractivity contribution in [1.82, 2.24) is 15.5 Å². The molecule has 5 nitrogen and oxygen atoms in total. The van der Waals surface area contributed by atoms with E-state index in [-0.39, 0.29) is 30.4 Å². The van der Waals surface area contributed by atoms with E-state index in [9.17, 15) is 14.0 Å². The molecule has 1 heterocycles. The molecule has 1 saturated heterocycles. The summed E-state index contributed by atoms with van der Waals surface area (Å²) in [6.07, 6.45) is 0. The van der Waals surface area contributed by atoms with Gasteiger partial charge in [-0.25, -0.2) is 9.18 Å². The molecule has 1 fully saturated rings. The van der Waals surface area contributed by atoms with Gasteiger partial charge in [0, 0.05) is 29.7 Å². The zero-order valence-electron chi connectivity index (χ0n) is 12.5. The fourth-order valence-corrected chi connectivity index (χ4v) is 2.62. The van der Waals surface area contributed by atoms with Crippen molar-refractivity contribution in [2.24, 2.45) is 5.92 Å². The number of rotatable bonds is 5. The molecule has 2 rings (SSSR count). The van der Waals surface area contributed by atoms with E-state index in [1.807, 2.05) is 13.8 Å². The number of halogens is 2. The number of hydrogen-bond acceptors (Lipinski definition) is 3. The van der Waals surface area contributed by atoms with Crippen LogP contribution in [-0.2, 0) is 4.79 Å². The van der Waals surface area contributed by atoms with Crippen molar-refractivity contribution in [2.75, 3.05) is 19.6 Å². The number of benzene rings is 1. The van der Waals surface area contributed by atoms with Gasteiger partial charge in [0.2, 0.25) is 5.91 Å². The molecule has 1 aliphatic heterocycles. The topological polar surface area (TPSA) is 61.4 Å². The Kier molecular flexibility index (Phi) is 5.37. The molecule has 120 valence electrons. The minimum absolute atomic E-state index is 0.0294. The molecule has 0 unspecified atom stereocenters. The van der Waals surface area contributed by atoms with E-state index >= 15 is 0 Å². The Morgan fingerprint density at radius 1 is 1.50 bits per heavy atom. The summed E-state index contributed by atoms with van der Waals surface area (Å²) < 4.78 is 14.1. The van der Waals surface area contributed by atoms with Gasteiger partial charge in [-0.05, 0) is 18.1 Å². The lowest BCUT2D eigenvalue weighted by Gasteiger charge is -2.24. The van der Waals surface area contributed by atoms with Gasteiger partial charge in [-0.2, -0.15) is 0 Å². The molecule has 0 radical (unpaired) electrons. The van der Waals surface area contributed by atoms with E-state index in [2.05, 4.69) is 10.6 Å². The molecule has 3 amide bonds. The molecule has 1 aliphatic rings. The van der Waals surface area contributed by atoms with Crippen molar-refractivity contribution >= 4 is 23.5 Å². The van der Waals surface area contributed by atoms with E-state index in [0.29, 0.717) is 23.7 Å². The van der Waals surface area contributed by atoms with Crippen LogP contribution in [0.5, 0.6) is 0 Å². The lowest BCUT2D eigenvalue weighted by Crippen LogP contribution is -2.42. The quantitative estimate of drug-likeness (QED) is 0.872. The summed E-state index contributed by atoms with van der Waals surface area (Å²) in [6, 6.07) is 3.76. The van der Waals surface area contributed by atoms with E-state index in [1.165, 1.54) is 6.07 Å². The average molecular weight is 328 g/mol. The number of urea groups is 1. The van der Waals surface area contributed by atoms with E-state index in [0.717, 1.165) is 4.90 Å². The third-order valence-corrected chi connectivity index (χ3v) is 3.83. The highest BCUT2D eigenvalue weighted by Gasteiger charge is 2.27. The molecule has 0 bridgehead atoms. The Labute approximate surface area is 133 Å². The highest BCUT2D eigenvalue weighted by molar-refractivity contribution is 6.30. The van der Waals surface area contributed by atoms with Crippen LogP contribution in [0.1, 0.15) is 25.5 Å². The van der Waals surface area contributed by atoms with Crippen molar-refractivity contribution in [3.05, 3.63) is 34.6 Å². The zero-order chi connectivity index (χ0) is 16.3. The molecule has 0 saturated carbocycles. The summed E-state index contributed by atoms with van der Waals surface area (Å²) in [5, 5.41) is 5.94. The summed E-state index contributed by atoms with van der Waals surface area (Å²) in [5.74, 6) is -0.670. The van der Waals surface area contributed by atoms with Crippen molar-refractivity contribution < 1.29 is 14.0 Å². The Bertz CT molecular complexity index is 580. The van der Waals surface area contributed by atoms with Gasteiger partial charge in [0.15, 0.2) is 0 Å². The van der Waals surface area contributed by atoms with Gasteiger partial charge < -0.3 is 10.6 Å². The molecule has 0 spiro atoms. The molecular formula is C15H19ClFN3O2. The molecule has 7 heteroatoms. The van der Waals surface area contributed by atoms with Gasteiger partial charge >= 0.3 is 6.03 Å². The zero-order valence-corrected chi connectivity index (χ0v) is 13.3. The predicted molar refractivity (Wildman–Crippen MR) is 82.1 cm³/mol. The van der Waals surface area contributed by atoms with Crippen LogP contribution in [0, 0.1) is 11.7 Å². The van der Waals surface area contributed by atoms with Crippen LogP contribution < -0.4 is 10.6 Å². The fourth-order valence-electron chi connectivity index (χ4n) is 2.46. The smallest absolute Gasteiger partial charge is 0.324 e. The first-order valence-electron chi connectivity index (χ1n) is 7.16. The second kappa shape index (κ2) is 7.07. The van der Waals surface area contributed by atoms with Gasteiger partial charge in [0.25, 0.3) is 0 Å². The van der Waals surface area contributed by atoms with Crippen molar-refractivity contribution in [3.63, 3.8) is 0 Å². The second-order valence-corrected chi connectivity index (χ2v) is 5.98. The maximum absolute atomic E-state index is 14.1. The lowest BCUT2D eigenvalue weighted by atomic mass is 9.95. The summed E-state index contributed by atoms with van der Waals surface area (Å²) in [6.45, 7) is 4.65. The monoisotopic (exact) mass is 327 g/mol. The Balaban J connectivity index is 2.06. The highest BCUT2D eigenvalue weighted by atomic mass is 35.5. The first-order chi connectivity index (χ1) is 10.4. The maximum Gasteiger partial charge on any atom is 0.324 e. The average Bonchev–Trinajstić information content (AvgIpc) is 2.86. The van der Waals surface area contributed by atoms with Crippen LogP contribution in [0.3, 0.4) is 0 Å². The van der Waals surface area contributed by atoms with Crippen molar-refractivity contribution in [2.45, 2.75) is 19.9 Å². The molecule has 1 atom stereocenters. The summed E-state index contributed by atoms with van der Waals surface area (Å²) in [7, 11) is 0. The summed E-state index contributed by atoms with van der Waals surface area (Å²) >= 11 is 5.77. The first-order valence-corrected chi connectivity index (χ1v) is 7.54. The third kappa shape index (κ3) is 3.75. The highest BCUT2D eigenvalue weighted by Crippen LogP contribution is 2.26. The fraction of sp³-hybridized carbons (Fsp3) is 0.467. The molecule has 2 N–H and O–H groups in total. The molecule has 1 aromatic rings. The van der Waals surface area contributed by atoms with Gasteiger partial charge in [-0.3, -0.25) is 9.69 Å². The largest absolute Gasteiger partial charge is 0.336 e. The predicted octanol–water partition coefficient (Wildman–Crippen LogP) is 2.32. The summed E-state index contributed by atoms with van der Waals surface area (Å²) in [4.78, 5) is 24.6. The molecule has 22 heavy (non-hydrogen) atoms. The van der Waals surface area contributed by atoms with Crippen molar-refractivity contribution in [1.29, 1.82) is 0 Å². The summed E-state index contributed by atoms with van der Waals surface area (Å²) in [5.41, 5.74) is 0.457. The molecular weight excluding hydrogens is 309 g/mol. The lowest BCUT2D eigenvalue weighted by molar-refractivity contribution is -0.126. The number of imide groups is 1. The first kappa shape index (κ1) is 16.7. The molecule has 0 aromatic heterocycles. The van der Waals surface area contributed by atoms with Crippen LogP contribution in [-0.4, -0.2) is 36.5 Å². The van der Waals surface area contributed by atoms with Crippen LogP contribution in [0.25, 0.3) is 0 Å². The SMILES string of the molecule is CC(C)[C@@H](NCC(=O)N1CCNC1=O)c1ccc(Cl)cc1F. The van der Waals surface area contributed by atoms with Crippen LogP contribution >= 0.6 is 11.6 Å². The molecule has 0 aliphatic carbocycles.